The number of rotatable bonds is 6. The van der Waals surface area contributed by atoms with Gasteiger partial charge >= 0.3 is 5.97 Å². The highest BCUT2D eigenvalue weighted by atomic mass is 16.5. The lowest BCUT2D eigenvalue weighted by Gasteiger charge is -2.12. The van der Waals surface area contributed by atoms with Crippen LogP contribution in [0.15, 0.2) is 28.8 Å². The summed E-state index contributed by atoms with van der Waals surface area (Å²) in [7, 11) is 0. The van der Waals surface area contributed by atoms with Gasteiger partial charge in [-0.1, -0.05) is 25.9 Å². The van der Waals surface area contributed by atoms with Crippen LogP contribution >= 0.6 is 0 Å². The minimum atomic E-state index is -0.971. The van der Waals surface area contributed by atoms with E-state index in [0.717, 1.165) is 5.56 Å². The lowest BCUT2D eigenvalue weighted by molar-refractivity contribution is -0.145. The summed E-state index contributed by atoms with van der Waals surface area (Å²) in [4.78, 5) is 15.2. The molecule has 1 aromatic carbocycles. The summed E-state index contributed by atoms with van der Waals surface area (Å²) in [6.07, 6.45) is -0.437. The summed E-state index contributed by atoms with van der Waals surface area (Å²) in [5.41, 5.74) is 0.793. The van der Waals surface area contributed by atoms with Gasteiger partial charge in [0.05, 0.1) is 0 Å². The lowest BCUT2D eigenvalue weighted by atomic mass is 10.2. The molecule has 0 bridgehead atoms. The van der Waals surface area contributed by atoms with Gasteiger partial charge in [-0.2, -0.15) is 4.98 Å². The highest BCUT2D eigenvalue weighted by molar-refractivity contribution is 5.72. The molecule has 2 aromatic rings. The molecule has 0 spiro atoms. The first-order valence-corrected chi connectivity index (χ1v) is 6.84. The van der Waals surface area contributed by atoms with Crippen molar-refractivity contribution in [3.8, 4) is 17.1 Å². The van der Waals surface area contributed by atoms with Crippen LogP contribution in [0.1, 0.15) is 39.0 Å². The van der Waals surface area contributed by atoms with Gasteiger partial charge in [0.2, 0.25) is 11.7 Å². The number of benzene rings is 1. The minimum Gasteiger partial charge on any atom is -0.479 e. The molecule has 6 heteroatoms. The fourth-order valence-electron chi connectivity index (χ4n) is 1.74. The number of nitrogens with zero attached hydrogens (tertiary/aromatic N) is 2. The van der Waals surface area contributed by atoms with Crippen molar-refractivity contribution in [1.29, 1.82) is 0 Å². The third kappa shape index (κ3) is 3.59. The first kappa shape index (κ1) is 15.0. The Morgan fingerprint density at radius 2 is 2.00 bits per heavy atom. The van der Waals surface area contributed by atoms with E-state index in [1.165, 1.54) is 0 Å². The lowest BCUT2D eigenvalue weighted by Crippen LogP contribution is -2.25. The maximum Gasteiger partial charge on any atom is 0.344 e. The Hall–Kier alpha value is -2.37. The highest BCUT2D eigenvalue weighted by Gasteiger charge is 2.17. The Bertz CT molecular complexity index is 604. The second kappa shape index (κ2) is 6.39. The molecular weight excluding hydrogens is 272 g/mol. The zero-order valence-corrected chi connectivity index (χ0v) is 12.2. The minimum absolute atomic E-state index is 0.176. The summed E-state index contributed by atoms with van der Waals surface area (Å²) in [5, 5.41) is 12.9. The summed E-state index contributed by atoms with van der Waals surface area (Å²) in [5.74, 6) is 0.800. The average molecular weight is 290 g/mol. The van der Waals surface area contributed by atoms with Gasteiger partial charge in [-0.3, -0.25) is 0 Å². The van der Waals surface area contributed by atoms with Crippen LogP contribution in [-0.2, 0) is 4.79 Å². The molecule has 0 saturated heterocycles. The van der Waals surface area contributed by atoms with Crippen molar-refractivity contribution >= 4 is 5.97 Å². The van der Waals surface area contributed by atoms with Crippen LogP contribution in [0.2, 0.25) is 0 Å². The first-order valence-electron chi connectivity index (χ1n) is 6.84. The number of ether oxygens (including phenoxy) is 1. The molecule has 0 amide bonds. The van der Waals surface area contributed by atoms with Crippen molar-refractivity contribution in [1.82, 2.24) is 10.1 Å². The number of carboxylic acids is 1. The summed E-state index contributed by atoms with van der Waals surface area (Å²) in [6.45, 7) is 5.72. The van der Waals surface area contributed by atoms with E-state index in [1.807, 2.05) is 13.8 Å². The molecule has 0 aliphatic heterocycles. The quantitative estimate of drug-likeness (QED) is 0.879. The van der Waals surface area contributed by atoms with E-state index in [0.29, 0.717) is 23.9 Å². The number of hydrogen-bond acceptors (Lipinski definition) is 5. The fraction of sp³-hybridized carbons (Fsp3) is 0.400. The van der Waals surface area contributed by atoms with Crippen molar-refractivity contribution in [2.45, 2.75) is 39.2 Å². The Morgan fingerprint density at radius 3 is 2.48 bits per heavy atom. The van der Waals surface area contributed by atoms with E-state index in [1.54, 1.807) is 31.2 Å². The Kier molecular flexibility index (Phi) is 4.57. The molecule has 1 aromatic heterocycles. The maximum atomic E-state index is 10.9. The van der Waals surface area contributed by atoms with Crippen molar-refractivity contribution < 1.29 is 19.2 Å². The summed E-state index contributed by atoms with van der Waals surface area (Å²) < 4.78 is 10.5. The Labute approximate surface area is 122 Å². The maximum absolute atomic E-state index is 10.9. The third-order valence-corrected chi connectivity index (χ3v) is 2.97. The Balaban J connectivity index is 2.12. The topological polar surface area (TPSA) is 85.5 Å². The van der Waals surface area contributed by atoms with Gasteiger partial charge in [-0.05, 0) is 30.7 Å². The molecular formula is C15H18N2O4. The molecule has 0 fully saturated rings. The molecule has 1 heterocycles. The van der Waals surface area contributed by atoms with Gasteiger partial charge in [0.15, 0.2) is 6.10 Å². The van der Waals surface area contributed by atoms with Crippen molar-refractivity contribution in [3.05, 3.63) is 30.2 Å². The summed E-state index contributed by atoms with van der Waals surface area (Å²) in [6, 6.07) is 6.95. The molecule has 0 radical (unpaired) electrons. The number of aliphatic carboxylic acids is 1. The van der Waals surface area contributed by atoms with Gasteiger partial charge in [0.1, 0.15) is 5.75 Å². The van der Waals surface area contributed by atoms with Crippen molar-refractivity contribution in [2.24, 2.45) is 0 Å². The van der Waals surface area contributed by atoms with E-state index in [2.05, 4.69) is 10.1 Å². The van der Waals surface area contributed by atoms with Crippen LogP contribution in [0, 0.1) is 0 Å². The molecule has 0 unspecified atom stereocenters. The van der Waals surface area contributed by atoms with Crippen molar-refractivity contribution in [2.75, 3.05) is 0 Å². The normalized spacial score (nSPS) is 12.4. The molecule has 0 aliphatic rings. The van der Waals surface area contributed by atoms with Gasteiger partial charge in [0.25, 0.3) is 0 Å². The molecule has 1 atom stereocenters. The van der Waals surface area contributed by atoms with Gasteiger partial charge in [-0.15, -0.1) is 0 Å². The van der Waals surface area contributed by atoms with Crippen LogP contribution < -0.4 is 4.74 Å². The second-order valence-electron chi connectivity index (χ2n) is 4.99. The van der Waals surface area contributed by atoms with Crippen LogP contribution in [0.25, 0.3) is 11.4 Å². The van der Waals surface area contributed by atoms with Gasteiger partial charge < -0.3 is 14.4 Å². The van der Waals surface area contributed by atoms with E-state index in [4.69, 9.17) is 14.4 Å². The number of carboxylic acid groups (broad SMARTS) is 1. The monoisotopic (exact) mass is 290 g/mol. The van der Waals surface area contributed by atoms with E-state index in [-0.39, 0.29) is 5.92 Å². The van der Waals surface area contributed by atoms with E-state index >= 15 is 0 Å². The average Bonchev–Trinajstić information content (AvgIpc) is 2.95. The SMILES string of the molecule is CC[C@@H](Oc1ccc(-c2noc(C(C)C)n2)cc1)C(=O)O. The summed E-state index contributed by atoms with van der Waals surface area (Å²) >= 11 is 0. The van der Waals surface area contributed by atoms with Crippen LogP contribution in [-0.4, -0.2) is 27.3 Å². The molecule has 2 rings (SSSR count). The first-order chi connectivity index (χ1) is 10.0. The van der Waals surface area contributed by atoms with Gasteiger partial charge in [0, 0.05) is 11.5 Å². The number of hydrogen-bond donors (Lipinski definition) is 1. The molecule has 112 valence electrons. The molecule has 6 nitrogen and oxygen atoms in total. The highest BCUT2D eigenvalue weighted by Crippen LogP contribution is 2.22. The second-order valence-corrected chi connectivity index (χ2v) is 4.99. The van der Waals surface area contributed by atoms with Crippen LogP contribution in [0.3, 0.4) is 0 Å². The predicted molar refractivity (Wildman–Crippen MR) is 76.2 cm³/mol. The fourth-order valence-corrected chi connectivity index (χ4v) is 1.74. The molecule has 1 N–H and O–H groups in total. The third-order valence-electron chi connectivity index (χ3n) is 2.97. The van der Waals surface area contributed by atoms with Crippen molar-refractivity contribution in [3.63, 3.8) is 0 Å². The largest absolute Gasteiger partial charge is 0.479 e. The molecule has 0 aliphatic carbocycles. The van der Waals surface area contributed by atoms with Gasteiger partial charge in [-0.25, -0.2) is 4.79 Å². The Morgan fingerprint density at radius 1 is 1.33 bits per heavy atom. The molecule has 21 heavy (non-hydrogen) atoms. The predicted octanol–water partition coefficient (Wildman–Crippen LogP) is 3.10. The number of carbonyl (C=O) groups is 1. The smallest absolute Gasteiger partial charge is 0.344 e. The molecule has 0 saturated carbocycles. The zero-order chi connectivity index (χ0) is 15.4. The van der Waals surface area contributed by atoms with Crippen LogP contribution in [0.5, 0.6) is 5.75 Å². The number of aromatic nitrogens is 2. The standard InChI is InChI=1S/C15H18N2O4/c1-4-12(15(18)19)20-11-7-5-10(6-8-11)13-16-14(9(2)3)21-17-13/h5-9,12H,4H2,1-3H3,(H,18,19)/t12-/m1/s1. The van der Waals surface area contributed by atoms with E-state index < -0.39 is 12.1 Å². The van der Waals surface area contributed by atoms with E-state index in [9.17, 15) is 4.79 Å². The van der Waals surface area contributed by atoms with Crippen LogP contribution in [0.4, 0.5) is 0 Å². The zero-order valence-electron chi connectivity index (χ0n) is 12.2.